The van der Waals surface area contributed by atoms with Gasteiger partial charge in [0.2, 0.25) is 0 Å². The van der Waals surface area contributed by atoms with Gasteiger partial charge in [-0.3, -0.25) is 0 Å². The lowest BCUT2D eigenvalue weighted by Crippen LogP contribution is -2.10. The Morgan fingerprint density at radius 3 is 1.72 bits per heavy atom. The van der Waals surface area contributed by atoms with E-state index >= 15 is 0 Å². The summed E-state index contributed by atoms with van der Waals surface area (Å²) in [5, 5.41) is 7.17. The van der Waals surface area contributed by atoms with Crippen LogP contribution in [0, 0.1) is 0 Å². The zero-order chi connectivity index (χ0) is 40.3. The second-order valence-corrected chi connectivity index (χ2v) is 15.7. The van der Waals surface area contributed by atoms with Crippen LogP contribution in [-0.4, -0.2) is 4.57 Å². The molecule has 0 amide bonds. The van der Waals surface area contributed by atoms with Crippen LogP contribution in [-0.2, 0) is 0 Å². The van der Waals surface area contributed by atoms with E-state index < -0.39 is 0 Å². The fourth-order valence-corrected chi connectivity index (χ4v) is 9.36. The van der Waals surface area contributed by atoms with Crippen LogP contribution in [0.15, 0.2) is 235 Å². The van der Waals surface area contributed by atoms with E-state index in [2.05, 4.69) is 234 Å². The monoisotopic (exact) mass is 778 g/mol. The quantitative estimate of drug-likeness (QED) is 0.161. The topological polar surface area (TPSA) is 21.3 Å². The SMILES string of the molecule is c1ccc(N(c2ccc(-c3ccc4ccccc4c3)cc2)c2ccc(-c3ccccc3-n3c4ccccc4c4ccccc43)c(-c3cccc4c3oc3ccccc34)c2)cc1. The van der Waals surface area contributed by atoms with Gasteiger partial charge in [-0.15, -0.1) is 0 Å². The molecule has 3 heteroatoms. The Hall–Kier alpha value is -8.14. The Morgan fingerprint density at radius 1 is 0.328 bits per heavy atom. The van der Waals surface area contributed by atoms with Gasteiger partial charge >= 0.3 is 0 Å². The van der Waals surface area contributed by atoms with Crippen molar-refractivity contribution in [2.24, 2.45) is 0 Å². The first-order valence-corrected chi connectivity index (χ1v) is 20.8. The van der Waals surface area contributed by atoms with Crippen LogP contribution < -0.4 is 4.90 Å². The van der Waals surface area contributed by atoms with Gasteiger partial charge in [0.1, 0.15) is 11.2 Å². The predicted octanol–water partition coefficient (Wildman–Crippen LogP) is 16.3. The fourth-order valence-electron chi connectivity index (χ4n) is 9.36. The second-order valence-electron chi connectivity index (χ2n) is 15.7. The largest absolute Gasteiger partial charge is 0.455 e. The smallest absolute Gasteiger partial charge is 0.143 e. The van der Waals surface area contributed by atoms with Crippen LogP contribution in [0.25, 0.3) is 93.6 Å². The first-order chi connectivity index (χ1) is 30.3. The van der Waals surface area contributed by atoms with Crippen LogP contribution in [0.3, 0.4) is 0 Å². The highest BCUT2D eigenvalue weighted by atomic mass is 16.3. The third-order valence-electron chi connectivity index (χ3n) is 12.2. The first-order valence-electron chi connectivity index (χ1n) is 20.8. The molecule has 0 unspecified atom stereocenters. The molecule has 10 aromatic carbocycles. The lowest BCUT2D eigenvalue weighted by atomic mass is 9.91. The lowest BCUT2D eigenvalue weighted by Gasteiger charge is -2.27. The number of para-hydroxylation sites is 6. The van der Waals surface area contributed by atoms with Gasteiger partial charge in [0.15, 0.2) is 0 Å². The molecule has 61 heavy (non-hydrogen) atoms. The predicted molar refractivity (Wildman–Crippen MR) is 257 cm³/mol. The normalized spacial score (nSPS) is 11.6. The van der Waals surface area contributed by atoms with Crippen molar-refractivity contribution >= 4 is 71.6 Å². The minimum atomic E-state index is 0.877. The van der Waals surface area contributed by atoms with Gasteiger partial charge in [-0.25, -0.2) is 0 Å². The fraction of sp³-hybridized carbons (Fsp3) is 0. The van der Waals surface area contributed by atoms with Crippen molar-refractivity contribution in [3.05, 3.63) is 231 Å². The number of anilines is 3. The Labute approximate surface area is 353 Å². The molecular weight excluding hydrogens is 741 g/mol. The Morgan fingerprint density at radius 2 is 0.918 bits per heavy atom. The second kappa shape index (κ2) is 14.3. The van der Waals surface area contributed by atoms with Crippen molar-refractivity contribution < 1.29 is 4.42 Å². The number of hydrogen-bond acceptors (Lipinski definition) is 2. The van der Waals surface area contributed by atoms with E-state index in [9.17, 15) is 0 Å². The first kappa shape index (κ1) is 34.9. The summed E-state index contributed by atoms with van der Waals surface area (Å²) in [4.78, 5) is 2.36. The summed E-state index contributed by atoms with van der Waals surface area (Å²) in [7, 11) is 0. The summed E-state index contributed by atoms with van der Waals surface area (Å²) >= 11 is 0. The maximum absolute atomic E-state index is 6.78. The molecule has 0 saturated heterocycles. The maximum atomic E-state index is 6.78. The number of aromatic nitrogens is 1. The maximum Gasteiger partial charge on any atom is 0.143 e. The van der Waals surface area contributed by atoms with Gasteiger partial charge < -0.3 is 13.9 Å². The number of hydrogen-bond donors (Lipinski definition) is 0. The van der Waals surface area contributed by atoms with Crippen molar-refractivity contribution in [1.82, 2.24) is 4.57 Å². The Kier molecular flexibility index (Phi) is 8.17. The Bertz CT molecular complexity index is 3540. The van der Waals surface area contributed by atoms with Crippen LogP contribution in [0.2, 0.25) is 0 Å². The molecule has 0 fully saturated rings. The van der Waals surface area contributed by atoms with Crippen LogP contribution in [0.1, 0.15) is 0 Å². The molecule has 0 aliphatic heterocycles. The van der Waals surface area contributed by atoms with Crippen molar-refractivity contribution in [3.8, 4) is 39.1 Å². The van der Waals surface area contributed by atoms with Crippen molar-refractivity contribution in [2.45, 2.75) is 0 Å². The summed E-state index contributed by atoms with van der Waals surface area (Å²) in [6.45, 7) is 0. The highest BCUT2D eigenvalue weighted by Gasteiger charge is 2.22. The van der Waals surface area contributed by atoms with Crippen LogP contribution in [0.4, 0.5) is 17.1 Å². The molecule has 0 atom stereocenters. The molecule has 0 saturated carbocycles. The lowest BCUT2D eigenvalue weighted by molar-refractivity contribution is 0.670. The molecule has 286 valence electrons. The number of nitrogens with zero attached hydrogens (tertiary/aromatic N) is 2. The Balaban J connectivity index is 1.08. The zero-order valence-electron chi connectivity index (χ0n) is 33.2. The van der Waals surface area contributed by atoms with E-state index in [4.69, 9.17) is 4.42 Å². The summed E-state index contributed by atoms with van der Waals surface area (Å²) < 4.78 is 9.20. The van der Waals surface area contributed by atoms with Crippen LogP contribution in [0.5, 0.6) is 0 Å². The van der Waals surface area contributed by atoms with Crippen molar-refractivity contribution in [3.63, 3.8) is 0 Å². The minimum absolute atomic E-state index is 0.877. The molecular formula is C58H38N2O. The van der Waals surface area contributed by atoms with E-state index in [0.29, 0.717) is 0 Å². The molecule has 2 aromatic heterocycles. The standard InChI is InChI=1S/C58H38N2O/c1-2-17-43(18-3-1)59(44-33-31-40(32-34-44)42-30-29-39-15-4-5-16-41(39)37-42)45-35-36-46(53(38-45)52-24-14-23-51-50-22-9-13-28-57(50)61-58(51)52)47-19-6-10-25-54(47)60-55-26-11-7-20-48(55)49-21-8-12-27-56(49)60/h1-38H. The number of fused-ring (bicyclic) bond motifs is 7. The van der Waals surface area contributed by atoms with Gasteiger partial charge in [0.25, 0.3) is 0 Å². The molecule has 0 spiro atoms. The molecule has 0 radical (unpaired) electrons. The number of rotatable bonds is 7. The van der Waals surface area contributed by atoms with E-state index in [-0.39, 0.29) is 0 Å². The summed E-state index contributed by atoms with van der Waals surface area (Å²) in [5.74, 6) is 0. The molecule has 12 rings (SSSR count). The molecule has 0 aliphatic carbocycles. The van der Waals surface area contributed by atoms with Crippen LogP contribution >= 0.6 is 0 Å². The molecule has 12 aromatic rings. The van der Waals surface area contributed by atoms with Gasteiger partial charge in [-0.05, 0) is 99.8 Å². The van der Waals surface area contributed by atoms with Gasteiger partial charge in [-0.1, -0.05) is 164 Å². The van der Waals surface area contributed by atoms with Gasteiger partial charge in [0, 0.05) is 49.7 Å². The highest BCUT2D eigenvalue weighted by molar-refractivity contribution is 6.12. The summed E-state index contributed by atoms with van der Waals surface area (Å²) in [6.07, 6.45) is 0. The molecule has 0 aliphatic rings. The highest BCUT2D eigenvalue weighted by Crippen LogP contribution is 2.46. The third-order valence-corrected chi connectivity index (χ3v) is 12.2. The van der Waals surface area contributed by atoms with Gasteiger partial charge in [-0.2, -0.15) is 0 Å². The van der Waals surface area contributed by atoms with Crippen molar-refractivity contribution in [2.75, 3.05) is 4.90 Å². The van der Waals surface area contributed by atoms with E-state index in [1.54, 1.807) is 0 Å². The number of furan rings is 1. The van der Waals surface area contributed by atoms with E-state index in [1.165, 1.54) is 43.7 Å². The molecule has 0 bridgehead atoms. The van der Waals surface area contributed by atoms with E-state index in [1.807, 2.05) is 6.07 Å². The summed E-state index contributed by atoms with van der Waals surface area (Å²) in [6, 6.07) is 82.9. The third kappa shape index (κ3) is 5.82. The molecule has 3 nitrogen and oxygen atoms in total. The summed E-state index contributed by atoms with van der Waals surface area (Å²) in [5.41, 5.74) is 15.2. The van der Waals surface area contributed by atoms with E-state index in [0.717, 1.165) is 66.9 Å². The number of benzene rings is 10. The molecule has 2 heterocycles. The average molecular weight is 779 g/mol. The zero-order valence-corrected chi connectivity index (χ0v) is 33.2. The average Bonchev–Trinajstić information content (AvgIpc) is 3.88. The molecule has 0 N–H and O–H groups in total. The van der Waals surface area contributed by atoms with Crippen molar-refractivity contribution in [1.29, 1.82) is 0 Å². The minimum Gasteiger partial charge on any atom is -0.455 e. The van der Waals surface area contributed by atoms with Gasteiger partial charge in [0.05, 0.1) is 16.7 Å².